The van der Waals surface area contributed by atoms with E-state index in [-0.39, 0.29) is 18.5 Å². The summed E-state index contributed by atoms with van der Waals surface area (Å²) >= 11 is 0. The average molecular weight is 223 g/mol. The van der Waals surface area contributed by atoms with Crippen molar-refractivity contribution >= 4 is 12.4 Å². The van der Waals surface area contributed by atoms with Gasteiger partial charge in [0.25, 0.3) is 0 Å². The van der Waals surface area contributed by atoms with Crippen molar-refractivity contribution in [2.24, 2.45) is 0 Å². The fourth-order valence-corrected chi connectivity index (χ4v) is 1.96. The summed E-state index contributed by atoms with van der Waals surface area (Å²) in [6, 6.07) is 0.968. The Morgan fingerprint density at radius 2 is 2.36 bits per heavy atom. The third-order valence-electron chi connectivity index (χ3n) is 2.78. The Balaban J connectivity index is 0.000000980. The number of rotatable bonds is 3. The average Bonchev–Trinajstić information content (AvgIpc) is 2.71. The molecule has 14 heavy (non-hydrogen) atoms. The first-order valence-corrected chi connectivity index (χ1v) is 5.07. The highest BCUT2D eigenvalue weighted by molar-refractivity contribution is 5.85. The fourth-order valence-electron chi connectivity index (χ4n) is 1.96. The predicted molar refractivity (Wildman–Crippen MR) is 56.9 cm³/mol. The zero-order valence-electron chi connectivity index (χ0n) is 8.24. The number of aliphatic hydroxyl groups is 1. The number of aliphatic hydroxyl groups excluding tert-OH is 1. The van der Waals surface area contributed by atoms with E-state index in [1.54, 1.807) is 0 Å². The van der Waals surface area contributed by atoms with Crippen molar-refractivity contribution in [3.8, 4) is 0 Å². The molecule has 3 N–H and O–H groups in total. The van der Waals surface area contributed by atoms with Gasteiger partial charge in [0, 0.05) is 31.8 Å². The smallest absolute Gasteiger partial charge is 0.0680 e. The molecule has 0 aromatic heterocycles. The van der Waals surface area contributed by atoms with Crippen LogP contribution in [-0.2, 0) is 4.74 Å². The fraction of sp³-hybridized carbons (Fsp3) is 1.00. The second-order valence-corrected chi connectivity index (χ2v) is 3.96. The molecule has 0 saturated carbocycles. The third kappa shape index (κ3) is 3.37. The van der Waals surface area contributed by atoms with E-state index in [9.17, 15) is 5.11 Å². The van der Waals surface area contributed by atoms with Gasteiger partial charge < -0.3 is 20.5 Å². The molecular weight excluding hydrogens is 204 g/mol. The summed E-state index contributed by atoms with van der Waals surface area (Å²) < 4.78 is 5.26. The molecule has 0 aliphatic carbocycles. The van der Waals surface area contributed by atoms with Gasteiger partial charge in [0.15, 0.2) is 0 Å². The van der Waals surface area contributed by atoms with Crippen molar-refractivity contribution in [1.82, 2.24) is 10.6 Å². The molecule has 5 heteroatoms. The number of nitrogens with one attached hydrogen (secondary N) is 2. The van der Waals surface area contributed by atoms with Gasteiger partial charge in [-0.15, -0.1) is 12.4 Å². The highest BCUT2D eigenvalue weighted by Crippen LogP contribution is 2.07. The first-order valence-electron chi connectivity index (χ1n) is 5.07. The van der Waals surface area contributed by atoms with Crippen LogP contribution in [-0.4, -0.2) is 49.6 Å². The van der Waals surface area contributed by atoms with Crippen LogP contribution in [0.3, 0.4) is 0 Å². The largest absolute Gasteiger partial charge is 0.392 e. The molecule has 0 aromatic carbocycles. The molecule has 0 radical (unpaired) electrons. The number of halogens is 1. The summed E-state index contributed by atoms with van der Waals surface area (Å²) in [7, 11) is 0. The number of ether oxygens (including phenoxy) is 1. The SMILES string of the molecule is Cl.O[C@H]1CN[C@H](CNC2CCOC2)C1. The Morgan fingerprint density at radius 1 is 1.50 bits per heavy atom. The summed E-state index contributed by atoms with van der Waals surface area (Å²) in [6.07, 6.45) is 1.85. The minimum absolute atomic E-state index is 0. The first kappa shape index (κ1) is 12.2. The maximum absolute atomic E-state index is 9.28. The highest BCUT2D eigenvalue weighted by Gasteiger charge is 2.23. The van der Waals surface area contributed by atoms with Crippen LogP contribution in [0, 0.1) is 0 Å². The van der Waals surface area contributed by atoms with E-state index < -0.39 is 0 Å². The van der Waals surface area contributed by atoms with Crippen LogP contribution >= 0.6 is 12.4 Å². The van der Waals surface area contributed by atoms with Crippen molar-refractivity contribution in [2.75, 3.05) is 26.3 Å². The van der Waals surface area contributed by atoms with E-state index in [2.05, 4.69) is 10.6 Å². The number of β-amino-alcohol motifs (C(OH)–C–C–N with tert-alkyl or cyclic N) is 1. The number of hydrogen-bond acceptors (Lipinski definition) is 4. The second-order valence-electron chi connectivity index (χ2n) is 3.96. The van der Waals surface area contributed by atoms with Crippen LogP contribution in [0.5, 0.6) is 0 Å². The summed E-state index contributed by atoms with van der Waals surface area (Å²) in [5.41, 5.74) is 0. The topological polar surface area (TPSA) is 53.5 Å². The first-order chi connectivity index (χ1) is 6.34. The van der Waals surface area contributed by atoms with Gasteiger partial charge in [-0.2, -0.15) is 0 Å². The van der Waals surface area contributed by atoms with E-state index in [0.29, 0.717) is 12.1 Å². The van der Waals surface area contributed by atoms with Gasteiger partial charge in [-0.25, -0.2) is 0 Å². The van der Waals surface area contributed by atoms with Crippen molar-refractivity contribution in [1.29, 1.82) is 0 Å². The summed E-state index contributed by atoms with van der Waals surface area (Å²) in [6.45, 7) is 3.42. The van der Waals surface area contributed by atoms with Crippen LogP contribution in [0.15, 0.2) is 0 Å². The Kier molecular flexibility index (Phi) is 5.12. The molecule has 0 aromatic rings. The Morgan fingerprint density at radius 3 is 2.93 bits per heavy atom. The molecule has 0 spiro atoms. The molecule has 2 saturated heterocycles. The molecule has 2 heterocycles. The van der Waals surface area contributed by atoms with Gasteiger partial charge in [-0.3, -0.25) is 0 Å². The Bertz CT molecular complexity index is 165. The molecule has 1 unspecified atom stereocenters. The minimum Gasteiger partial charge on any atom is -0.392 e. The molecular formula is C9H19ClN2O2. The highest BCUT2D eigenvalue weighted by atomic mass is 35.5. The van der Waals surface area contributed by atoms with E-state index in [4.69, 9.17) is 4.74 Å². The molecule has 2 aliphatic rings. The molecule has 2 rings (SSSR count). The molecule has 84 valence electrons. The van der Waals surface area contributed by atoms with Gasteiger partial charge in [0.05, 0.1) is 12.7 Å². The maximum Gasteiger partial charge on any atom is 0.0680 e. The van der Waals surface area contributed by atoms with Crippen LogP contribution in [0.4, 0.5) is 0 Å². The van der Waals surface area contributed by atoms with Crippen molar-refractivity contribution in [3.63, 3.8) is 0 Å². The van der Waals surface area contributed by atoms with E-state index in [1.165, 1.54) is 0 Å². The lowest BCUT2D eigenvalue weighted by Gasteiger charge is -2.14. The van der Waals surface area contributed by atoms with E-state index in [0.717, 1.165) is 39.1 Å². The van der Waals surface area contributed by atoms with Gasteiger partial charge in [-0.05, 0) is 12.8 Å². The zero-order chi connectivity index (χ0) is 9.10. The van der Waals surface area contributed by atoms with Gasteiger partial charge >= 0.3 is 0 Å². The Labute approximate surface area is 90.8 Å². The minimum atomic E-state index is -0.147. The van der Waals surface area contributed by atoms with Crippen LogP contribution < -0.4 is 10.6 Å². The summed E-state index contributed by atoms with van der Waals surface area (Å²) in [5.74, 6) is 0. The number of hydrogen-bond donors (Lipinski definition) is 3. The summed E-state index contributed by atoms with van der Waals surface area (Å²) in [4.78, 5) is 0. The van der Waals surface area contributed by atoms with Gasteiger partial charge in [0.1, 0.15) is 0 Å². The quantitative estimate of drug-likeness (QED) is 0.603. The third-order valence-corrected chi connectivity index (χ3v) is 2.78. The normalized spacial score (nSPS) is 37.1. The van der Waals surface area contributed by atoms with E-state index >= 15 is 0 Å². The predicted octanol–water partition coefficient (Wildman–Crippen LogP) is -0.490. The zero-order valence-corrected chi connectivity index (χ0v) is 9.05. The monoisotopic (exact) mass is 222 g/mol. The second kappa shape index (κ2) is 5.88. The van der Waals surface area contributed by atoms with Crippen LogP contribution in [0.2, 0.25) is 0 Å². The maximum atomic E-state index is 9.28. The molecule has 4 nitrogen and oxygen atoms in total. The van der Waals surface area contributed by atoms with Crippen molar-refractivity contribution in [3.05, 3.63) is 0 Å². The Hall–Kier alpha value is 0.130. The molecule has 3 atom stereocenters. The lowest BCUT2D eigenvalue weighted by molar-refractivity contribution is 0.187. The molecule has 0 amide bonds. The van der Waals surface area contributed by atoms with Crippen LogP contribution in [0.1, 0.15) is 12.8 Å². The van der Waals surface area contributed by atoms with Crippen LogP contribution in [0.25, 0.3) is 0 Å². The molecule has 2 aliphatic heterocycles. The lowest BCUT2D eigenvalue weighted by atomic mass is 10.2. The van der Waals surface area contributed by atoms with Gasteiger partial charge in [0.2, 0.25) is 0 Å². The van der Waals surface area contributed by atoms with E-state index in [1.807, 2.05) is 0 Å². The summed E-state index contributed by atoms with van der Waals surface area (Å²) in [5, 5.41) is 16.0. The standard InChI is InChI=1S/C9H18N2O2.ClH/c12-9-3-8(11-5-9)4-10-7-1-2-13-6-7;/h7-12H,1-6H2;1H/t7?,8-,9+;/m0./s1. The lowest BCUT2D eigenvalue weighted by Crippen LogP contribution is -2.39. The molecule has 2 fully saturated rings. The van der Waals surface area contributed by atoms with Crippen molar-refractivity contribution < 1.29 is 9.84 Å². The van der Waals surface area contributed by atoms with Crippen molar-refractivity contribution in [2.45, 2.75) is 31.0 Å². The molecule has 0 bridgehead atoms. The van der Waals surface area contributed by atoms with Gasteiger partial charge in [-0.1, -0.05) is 0 Å².